The number of amides is 1. The third-order valence-electron chi connectivity index (χ3n) is 4.43. The van der Waals surface area contributed by atoms with Crippen molar-refractivity contribution in [2.75, 3.05) is 5.32 Å². The van der Waals surface area contributed by atoms with Gasteiger partial charge in [-0.3, -0.25) is 4.79 Å². The first-order chi connectivity index (χ1) is 11.2. The summed E-state index contributed by atoms with van der Waals surface area (Å²) in [6, 6.07) is 5.33. The molecule has 0 unspecified atom stereocenters. The van der Waals surface area contributed by atoms with Gasteiger partial charge in [-0.1, -0.05) is 17.7 Å². The third kappa shape index (κ3) is 3.21. The van der Waals surface area contributed by atoms with Crippen LogP contribution in [-0.2, 0) is 9.31 Å². The van der Waals surface area contributed by atoms with E-state index in [-0.39, 0.29) is 5.91 Å². The third-order valence-corrected chi connectivity index (χ3v) is 5.33. The lowest BCUT2D eigenvalue weighted by atomic mass is 9.79. The van der Waals surface area contributed by atoms with Gasteiger partial charge in [-0.15, -0.1) is 11.3 Å². The van der Waals surface area contributed by atoms with E-state index in [2.05, 4.69) is 10.3 Å². The lowest BCUT2D eigenvalue weighted by Gasteiger charge is -2.32. The minimum absolute atomic E-state index is 0.290. The number of rotatable bonds is 3. The predicted octanol–water partition coefficient (Wildman–Crippen LogP) is 3.35. The molecule has 5 nitrogen and oxygen atoms in total. The van der Waals surface area contributed by atoms with Gasteiger partial charge < -0.3 is 14.6 Å². The van der Waals surface area contributed by atoms with E-state index in [1.165, 1.54) is 11.3 Å². The van der Waals surface area contributed by atoms with Gasteiger partial charge in [0.25, 0.3) is 5.91 Å². The van der Waals surface area contributed by atoms with Crippen LogP contribution in [0.1, 0.15) is 38.2 Å². The molecule has 126 valence electrons. The molecule has 0 radical (unpaired) electrons. The minimum Gasteiger partial charge on any atom is -0.399 e. The van der Waals surface area contributed by atoms with Crippen LogP contribution in [0.2, 0.25) is 5.02 Å². The maximum absolute atomic E-state index is 12.1. The molecule has 0 atom stereocenters. The molecule has 1 N–H and O–H groups in total. The Balaban J connectivity index is 1.77. The van der Waals surface area contributed by atoms with Gasteiger partial charge in [0.15, 0.2) is 0 Å². The van der Waals surface area contributed by atoms with Gasteiger partial charge in [-0.2, -0.15) is 0 Å². The first-order valence-corrected chi connectivity index (χ1v) is 8.86. The fraction of sp³-hybridized carbons (Fsp3) is 0.375. The number of halogens is 1. The molecule has 8 heteroatoms. The molecular weight excluding hydrogens is 347 g/mol. The molecule has 0 spiro atoms. The molecule has 1 fully saturated rings. The molecule has 3 rings (SSSR count). The molecule has 1 amide bonds. The summed E-state index contributed by atoms with van der Waals surface area (Å²) in [6.45, 7) is 7.99. The smallest absolute Gasteiger partial charge is 0.399 e. The van der Waals surface area contributed by atoms with Gasteiger partial charge in [0.1, 0.15) is 5.69 Å². The SMILES string of the molecule is CC1(C)OB(c2ccc(NC(=O)c3cscn3)c(Cl)c2)OC1(C)C. The summed E-state index contributed by atoms with van der Waals surface area (Å²) in [6.07, 6.45) is 0. The van der Waals surface area contributed by atoms with Crippen molar-refractivity contribution in [3.8, 4) is 0 Å². The Morgan fingerprint density at radius 3 is 2.46 bits per heavy atom. The van der Waals surface area contributed by atoms with E-state index >= 15 is 0 Å². The van der Waals surface area contributed by atoms with E-state index in [1.807, 2.05) is 33.8 Å². The second-order valence-corrected chi connectivity index (χ2v) is 7.78. The van der Waals surface area contributed by atoms with Crippen LogP contribution in [0.5, 0.6) is 0 Å². The van der Waals surface area contributed by atoms with Gasteiger partial charge in [-0.05, 0) is 45.3 Å². The van der Waals surface area contributed by atoms with E-state index in [1.54, 1.807) is 23.0 Å². The van der Waals surface area contributed by atoms with Crippen molar-refractivity contribution in [1.29, 1.82) is 0 Å². The number of aromatic nitrogens is 1. The van der Waals surface area contributed by atoms with Crippen molar-refractivity contribution >= 4 is 47.1 Å². The minimum atomic E-state index is -0.490. The molecule has 1 aromatic carbocycles. The van der Waals surface area contributed by atoms with Crippen molar-refractivity contribution in [3.63, 3.8) is 0 Å². The van der Waals surface area contributed by atoms with Crippen LogP contribution < -0.4 is 10.8 Å². The number of benzene rings is 1. The highest BCUT2D eigenvalue weighted by molar-refractivity contribution is 7.07. The average Bonchev–Trinajstić information content (AvgIpc) is 3.08. The van der Waals surface area contributed by atoms with E-state index in [9.17, 15) is 4.79 Å². The van der Waals surface area contributed by atoms with Gasteiger partial charge in [-0.25, -0.2) is 4.98 Å². The van der Waals surface area contributed by atoms with Gasteiger partial charge >= 0.3 is 7.12 Å². The second-order valence-electron chi connectivity index (χ2n) is 6.66. The quantitative estimate of drug-likeness (QED) is 0.849. The van der Waals surface area contributed by atoms with Crippen LogP contribution in [0.15, 0.2) is 29.1 Å². The van der Waals surface area contributed by atoms with Crippen molar-refractivity contribution in [2.45, 2.75) is 38.9 Å². The summed E-state index contributed by atoms with van der Waals surface area (Å²) in [4.78, 5) is 16.0. The monoisotopic (exact) mass is 364 g/mol. The van der Waals surface area contributed by atoms with Gasteiger partial charge in [0.05, 0.1) is 27.4 Å². The number of hydrogen-bond donors (Lipinski definition) is 1. The van der Waals surface area contributed by atoms with Crippen molar-refractivity contribution < 1.29 is 14.1 Å². The van der Waals surface area contributed by atoms with Crippen molar-refractivity contribution in [2.24, 2.45) is 0 Å². The lowest BCUT2D eigenvalue weighted by Crippen LogP contribution is -2.41. The number of carbonyl (C=O) groups excluding carboxylic acids is 1. The molecule has 0 bridgehead atoms. The Labute approximate surface area is 150 Å². The Kier molecular flexibility index (Phi) is 4.46. The summed E-state index contributed by atoms with van der Waals surface area (Å²) in [7, 11) is -0.490. The van der Waals surface area contributed by atoms with Crippen LogP contribution in [0, 0.1) is 0 Å². The largest absolute Gasteiger partial charge is 0.494 e. The lowest BCUT2D eigenvalue weighted by molar-refractivity contribution is 0.00578. The van der Waals surface area contributed by atoms with E-state index in [0.29, 0.717) is 16.4 Å². The highest BCUT2D eigenvalue weighted by Crippen LogP contribution is 2.36. The summed E-state index contributed by atoms with van der Waals surface area (Å²) < 4.78 is 12.0. The zero-order chi connectivity index (χ0) is 17.5. The Morgan fingerprint density at radius 2 is 1.92 bits per heavy atom. The number of hydrogen-bond acceptors (Lipinski definition) is 5. The van der Waals surface area contributed by atoms with E-state index < -0.39 is 18.3 Å². The van der Waals surface area contributed by atoms with Crippen LogP contribution >= 0.6 is 22.9 Å². The topological polar surface area (TPSA) is 60.5 Å². The molecule has 0 saturated carbocycles. The molecule has 2 aromatic rings. The second kappa shape index (κ2) is 6.15. The maximum Gasteiger partial charge on any atom is 0.494 e. The summed E-state index contributed by atoms with van der Waals surface area (Å²) in [5, 5.41) is 4.86. The Morgan fingerprint density at radius 1 is 1.25 bits per heavy atom. The number of thiazole rings is 1. The Bertz CT molecular complexity index is 749. The van der Waals surface area contributed by atoms with E-state index in [0.717, 1.165) is 5.46 Å². The maximum atomic E-state index is 12.1. The molecule has 24 heavy (non-hydrogen) atoms. The first-order valence-electron chi connectivity index (χ1n) is 7.54. The standard InChI is InChI=1S/C16H18BClN2O3S/c1-15(2)16(3,4)23-17(22-15)10-5-6-12(11(18)7-10)20-14(21)13-8-24-9-19-13/h5-9H,1-4H3,(H,20,21). The molecule has 1 aliphatic heterocycles. The fourth-order valence-corrected chi connectivity index (χ4v) is 3.04. The zero-order valence-corrected chi connectivity index (χ0v) is 15.5. The number of nitrogens with one attached hydrogen (secondary N) is 1. The fourth-order valence-electron chi connectivity index (χ4n) is 2.27. The van der Waals surface area contributed by atoms with Crippen LogP contribution in [0.3, 0.4) is 0 Å². The van der Waals surface area contributed by atoms with Crippen molar-refractivity contribution in [1.82, 2.24) is 4.98 Å². The van der Waals surface area contributed by atoms with E-state index in [4.69, 9.17) is 20.9 Å². The van der Waals surface area contributed by atoms with Gasteiger partial charge in [0, 0.05) is 5.38 Å². The number of nitrogens with zero attached hydrogens (tertiary/aromatic N) is 1. The van der Waals surface area contributed by atoms with Crippen LogP contribution in [-0.4, -0.2) is 29.2 Å². The summed E-state index contributed by atoms with van der Waals surface area (Å²) in [5.74, 6) is -0.290. The molecule has 1 aliphatic rings. The summed E-state index contributed by atoms with van der Waals surface area (Å²) >= 11 is 7.68. The highest BCUT2D eigenvalue weighted by atomic mass is 35.5. The first kappa shape index (κ1) is 17.4. The van der Waals surface area contributed by atoms with Crippen molar-refractivity contribution in [3.05, 3.63) is 39.8 Å². The Hall–Kier alpha value is -1.41. The predicted molar refractivity (Wildman–Crippen MR) is 97.2 cm³/mol. The number of carbonyl (C=O) groups is 1. The molecule has 1 aromatic heterocycles. The average molecular weight is 365 g/mol. The molecular formula is C16H18BClN2O3S. The van der Waals surface area contributed by atoms with Crippen LogP contribution in [0.4, 0.5) is 5.69 Å². The molecule has 0 aliphatic carbocycles. The summed E-state index contributed by atoms with van der Waals surface area (Å²) in [5.41, 5.74) is 2.48. The van der Waals surface area contributed by atoms with Gasteiger partial charge in [0.2, 0.25) is 0 Å². The normalized spacial score (nSPS) is 18.6. The zero-order valence-electron chi connectivity index (χ0n) is 13.9. The number of anilines is 1. The van der Waals surface area contributed by atoms with Crippen LogP contribution in [0.25, 0.3) is 0 Å². The molecule has 2 heterocycles. The molecule has 1 saturated heterocycles. The highest BCUT2D eigenvalue weighted by Gasteiger charge is 2.51.